The molecule has 62 valence electrons. The summed E-state index contributed by atoms with van der Waals surface area (Å²) in [6, 6.07) is 0. The molecule has 0 radical (unpaired) electrons. The lowest BCUT2D eigenvalue weighted by atomic mass is 10.7. The van der Waals surface area contributed by atoms with Crippen molar-refractivity contribution in [3.8, 4) is 0 Å². The summed E-state index contributed by atoms with van der Waals surface area (Å²) in [6.07, 6.45) is -5.37. The van der Waals surface area contributed by atoms with Crippen LogP contribution in [0, 0.1) is 0 Å². The molecular weight excluding hydrogens is 165 g/mol. The molecular formula is C4H9F2O3P. The summed E-state index contributed by atoms with van der Waals surface area (Å²) in [5, 5.41) is 7.88. The zero-order valence-corrected chi connectivity index (χ0v) is 6.38. The molecule has 0 amide bonds. The van der Waals surface area contributed by atoms with Gasteiger partial charge in [-0.15, -0.1) is 0 Å². The number of aliphatic hydroxyl groups is 1. The Balaban J connectivity index is 3.39. The van der Waals surface area contributed by atoms with Gasteiger partial charge in [-0.25, -0.2) is 8.78 Å². The van der Waals surface area contributed by atoms with E-state index in [2.05, 4.69) is 4.74 Å². The standard InChI is InChI=1S/C4H9F2O3P/c1-10(8)2-9-4(6)3(5)7/h3-4,7,10H,2H2,1H3. The lowest BCUT2D eigenvalue weighted by Crippen LogP contribution is -2.19. The van der Waals surface area contributed by atoms with Crippen molar-refractivity contribution >= 4 is 7.80 Å². The predicted octanol–water partition coefficient (Wildman–Crippen LogP) is 0.733. The van der Waals surface area contributed by atoms with Gasteiger partial charge in [-0.05, 0) is 6.66 Å². The molecule has 0 saturated heterocycles. The molecule has 0 bridgehead atoms. The molecule has 3 unspecified atom stereocenters. The molecule has 0 fully saturated rings. The predicted molar refractivity (Wildman–Crippen MR) is 32.9 cm³/mol. The fourth-order valence-corrected chi connectivity index (χ4v) is 0.670. The highest BCUT2D eigenvalue weighted by Crippen LogP contribution is 2.15. The Kier molecular flexibility index (Phi) is 4.77. The van der Waals surface area contributed by atoms with Crippen LogP contribution in [0.5, 0.6) is 0 Å². The Bertz CT molecular complexity index is 119. The first-order valence-electron chi connectivity index (χ1n) is 2.61. The van der Waals surface area contributed by atoms with Gasteiger partial charge < -0.3 is 14.4 Å². The lowest BCUT2D eigenvalue weighted by Gasteiger charge is -2.07. The molecule has 0 spiro atoms. The zero-order chi connectivity index (χ0) is 8.15. The van der Waals surface area contributed by atoms with Crippen molar-refractivity contribution < 1.29 is 23.2 Å². The first-order valence-corrected chi connectivity index (χ1v) is 4.73. The minimum atomic E-state index is -2.65. The van der Waals surface area contributed by atoms with E-state index in [9.17, 15) is 13.3 Å². The smallest absolute Gasteiger partial charge is 0.255 e. The fourth-order valence-electron chi connectivity index (χ4n) is 0.276. The van der Waals surface area contributed by atoms with E-state index in [4.69, 9.17) is 5.11 Å². The average molecular weight is 174 g/mol. The molecule has 0 saturated carbocycles. The highest BCUT2D eigenvalue weighted by atomic mass is 31.1. The number of halogens is 2. The summed E-state index contributed by atoms with van der Waals surface area (Å²) in [6.45, 7) is 1.35. The van der Waals surface area contributed by atoms with Crippen molar-refractivity contribution in [2.75, 3.05) is 13.0 Å². The molecule has 6 heteroatoms. The third-order valence-electron chi connectivity index (χ3n) is 0.662. The molecule has 10 heavy (non-hydrogen) atoms. The first kappa shape index (κ1) is 10.0. The fraction of sp³-hybridized carbons (Fsp3) is 1.00. The molecule has 0 heterocycles. The summed E-state index contributed by atoms with van der Waals surface area (Å²) in [5.74, 6) is 0. The number of ether oxygens (including phenoxy) is 1. The molecule has 0 aromatic carbocycles. The summed E-state index contributed by atoms with van der Waals surface area (Å²) in [7, 11) is -1.95. The van der Waals surface area contributed by atoms with Gasteiger partial charge in [0.1, 0.15) is 6.35 Å². The first-order chi connectivity index (χ1) is 4.54. The van der Waals surface area contributed by atoms with Crippen LogP contribution >= 0.6 is 7.80 Å². The van der Waals surface area contributed by atoms with E-state index in [1.54, 1.807) is 0 Å². The molecule has 0 aromatic rings. The SMILES string of the molecule is C[PH](=O)COC(F)C(O)F. The van der Waals surface area contributed by atoms with E-state index < -0.39 is 20.5 Å². The van der Waals surface area contributed by atoms with Crippen molar-refractivity contribution in [1.29, 1.82) is 0 Å². The van der Waals surface area contributed by atoms with Gasteiger partial charge in [0.25, 0.3) is 12.7 Å². The summed E-state index contributed by atoms with van der Waals surface area (Å²) in [4.78, 5) is 0. The second-order valence-corrected chi connectivity index (χ2v) is 3.43. The lowest BCUT2D eigenvalue weighted by molar-refractivity contribution is -0.151. The molecule has 1 N–H and O–H groups in total. The monoisotopic (exact) mass is 174 g/mol. The van der Waals surface area contributed by atoms with Gasteiger partial charge in [-0.3, -0.25) is 0 Å². The van der Waals surface area contributed by atoms with Crippen LogP contribution in [-0.4, -0.2) is 30.8 Å². The normalized spacial score (nSPS) is 20.0. The maximum Gasteiger partial charge on any atom is 0.255 e. The van der Waals surface area contributed by atoms with E-state index in [1.165, 1.54) is 6.66 Å². The maximum atomic E-state index is 11.9. The van der Waals surface area contributed by atoms with Gasteiger partial charge in [-0.2, -0.15) is 0 Å². The molecule has 0 aliphatic rings. The van der Waals surface area contributed by atoms with Crippen molar-refractivity contribution in [2.45, 2.75) is 12.7 Å². The number of hydrogen-bond donors (Lipinski definition) is 1. The Hall–Kier alpha value is 0.01000. The average Bonchev–Trinajstić information content (AvgIpc) is 1.82. The molecule has 0 aliphatic heterocycles. The van der Waals surface area contributed by atoms with Gasteiger partial charge in [0.2, 0.25) is 0 Å². The number of aliphatic hydroxyl groups excluding tert-OH is 1. The quantitative estimate of drug-likeness (QED) is 0.639. The van der Waals surface area contributed by atoms with Crippen LogP contribution in [0.4, 0.5) is 8.78 Å². The van der Waals surface area contributed by atoms with Crippen molar-refractivity contribution in [1.82, 2.24) is 0 Å². The highest BCUT2D eigenvalue weighted by Gasteiger charge is 2.17. The van der Waals surface area contributed by atoms with Crippen LogP contribution in [0.3, 0.4) is 0 Å². The van der Waals surface area contributed by atoms with E-state index in [1.807, 2.05) is 0 Å². The van der Waals surface area contributed by atoms with Gasteiger partial charge in [-0.1, -0.05) is 0 Å². The summed E-state index contributed by atoms with van der Waals surface area (Å²) >= 11 is 0. The van der Waals surface area contributed by atoms with Gasteiger partial charge in [0, 0.05) is 0 Å². The second kappa shape index (κ2) is 4.77. The summed E-state index contributed by atoms with van der Waals surface area (Å²) < 4.78 is 37.7. The second-order valence-electron chi connectivity index (χ2n) is 1.74. The Morgan fingerprint density at radius 3 is 2.50 bits per heavy atom. The van der Waals surface area contributed by atoms with E-state index in [0.29, 0.717) is 0 Å². The highest BCUT2D eigenvalue weighted by molar-refractivity contribution is 7.43. The Labute approximate surface area is 57.8 Å². The molecule has 0 rings (SSSR count). The minimum absolute atomic E-state index is 0.340. The third-order valence-corrected chi connectivity index (χ3v) is 1.24. The number of rotatable bonds is 4. The van der Waals surface area contributed by atoms with Gasteiger partial charge in [0.05, 0.1) is 7.80 Å². The van der Waals surface area contributed by atoms with Crippen LogP contribution in [0.15, 0.2) is 0 Å². The van der Waals surface area contributed by atoms with Crippen LogP contribution in [0.1, 0.15) is 0 Å². The molecule has 0 aromatic heterocycles. The van der Waals surface area contributed by atoms with E-state index in [0.717, 1.165) is 0 Å². The summed E-state index contributed by atoms with van der Waals surface area (Å²) in [5.41, 5.74) is 0. The van der Waals surface area contributed by atoms with Crippen LogP contribution in [-0.2, 0) is 9.30 Å². The van der Waals surface area contributed by atoms with Crippen molar-refractivity contribution in [2.24, 2.45) is 0 Å². The van der Waals surface area contributed by atoms with Crippen LogP contribution in [0.25, 0.3) is 0 Å². The van der Waals surface area contributed by atoms with Crippen molar-refractivity contribution in [3.63, 3.8) is 0 Å². The van der Waals surface area contributed by atoms with Gasteiger partial charge in [0.15, 0.2) is 0 Å². The third kappa shape index (κ3) is 4.85. The van der Waals surface area contributed by atoms with Crippen LogP contribution < -0.4 is 0 Å². The topological polar surface area (TPSA) is 46.5 Å². The van der Waals surface area contributed by atoms with E-state index in [-0.39, 0.29) is 6.35 Å². The number of alkyl halides is 2. The Morgan fingerprint density at radius 2 is 2.20 bits per heavy atom. The van der Waals surface area contributed by atoms with E-state index >= 15 is 0 Å². The molecule has 3 nitrogen and oxygen atoms in total. The van der Waals surface area contributed by atoms with Crippen molar-refractivity contribution in [3.05, 3.63) is 0 Å². The molecule has 3 atom stereocenters. The largest absolute Gasteiger partial charge is 0.360 e. The molecule has 0 aliphatic carbocycles. The van der Waals surface area contributed by atoms with Crippen LogP contribution in [0.2, 0.25) is 0 Å². The zero-order valence-electron chi connectivity index (χ0n) is 5.38. The number of hydrogen-bond acceptors (Lipinski definition) is 3. The maximum absolute atomic E-state index is 11.9. The Morgan fingerprint density at radius 1 is 1.70 bits per heavy atom. The van der Waals surface area contributed by atoms with Gasteiger partial charge >= 0.3 is 0 Å². The minimum Gasteiger partial charge on any atom is -0.360 e.